The van der Waals surface area contributed by atoms with Crippen LogP contribution in [-0.4, -0.2) is 20.8 Å². The smallest absolute Gasteiger partial charge is 0.0602 e. The minimum Gasteiger partial charge on any atom is -0.396 e. The Bertz CT molecular complexity index is 746. The molecule has 0 saturated heterocycles. The van der Waals surface area contributed by atoms with Crippen LogP contribution in [0.3, 0.4) is 0 Å². The number of hydrogen-bond acceptors (Lipinski definition) is 2. The molecule has 1 aromatic heterocycles. The standard InChI is InChI=1S/C17H15N2.C4H9O.Ir/c1-13-7-6-8-14(2)16(13)19-12-11-18-17(19)15-9-4-3-5-10-15;1-3-4(2)5;/h3-9,11-12H,1-2H3;4-5H,1,3H2,2H3;/q2*-1;. The van der Waals surface area contributed by atoms with E-state index >= 15 is 0 Å². The molecule has 0 aliphatic heterocycles. The van der Waals surface area contributed by atoms with Crippen molar-refractivity contribution in [3.8, 4) is 17.1 Å². The minimum atomic E-state index is -0.227. The second-order valence-electron chi connectivity index (χ2n) is 5.78. The van der Waals surface area contributed by atoms with Crippen LogP contribution in [0.1, 0.15) is 24.5 Å². The van der Waals surface area contributed by atoms with Crippen molar-refractivity contribution in [1.82, 2.24) is 9.55 Å². The first-order valence-electron chi connectivity index (χ1n) is 8.09. The molecule has 0 aliphatic rings. The second kappa shape index (κ2) is 10.3. The van der Waals surface area contributed by atoms with Crippen molar-refractivity contribution in [2.45, 2.75) is 33.3 Å². The molecule has 3 rings (SSSR count). The van der Waals surface area contributed by atoms with Gasteiger partial charge in [0.15, 0.2) is 0 Å². The summed E-state index contributed by atoms with van der Waals surface area (Å²) in [7, 11) is 0. The predicted molar refractivity (Wildman–Crippen MR) is 99.0 cm³/mol. The van der Waals surface area contributed by atoms with E-state index in [1.54, 1.807) is 6.92 Å². The van der Waals surface area contributed by atoms with E-state index in [9.17, 15) is 0 Å². The Hall–Kier alpha value is -1.74. The zero-order valence-electron chi connectivity index (χ0n) is 14.9. The van der Waals surface area contributed by atoms with Gasteiger partial charge in [0.1, 0.15) is 0 Å². The molecule has 1 radical (unpaired) electrons. The van der Waals surface area contributed by atoms with Gasteiger partial charge in [-0.25, -0.2) is 0 Å². The van der Waals surface area contributed by atoms with E-state index < -0.39 is 0 Å². The molecule has 1 N–H and O–H groups in total. The van der Waals surface area contributed by atoms with E-state index in [-0.39, 0.29) is 26.2 Å². The van der Waals surface area contributed by atoms with E-state index in [4.69, 9.17) is 5.11 Å². The second-order valence-corrected chi connectivity index (χ2v) is 5.78. The molecule has 1 atom stereocenters. The maximum atomic E-state index is 8.30. The molecule has 135 valence electrons. The quantitative estimate of drug-likeness (QED) is 0.523. The van der Waals surface area contributed by atoms with Crippen LogP contribution < -0.4 is 0 Å². The molecule has 0 fully saturated rings. The number of hydrogen-bond donors (Lipinski definition) is 1. The molecular weight excluding hydrogens is 488 g/mol. The zero-order chi connectivity index (χ0) is 17.5. The maximum Gasteiger partial charge on any atom is 0.0602 e. The molecule has 0 aliphatic carbocycles. The van der Waals surface area contributed by atoms with Gasteiger partial charge in [-0.15, -0.1) is 35.9 Å². The number of aliphatic hydroxyl groups is 1. The summed E-state index contributed by atoms with van der Waals surface area (Å²) in [4.78, 5) is 4.48. The number of benzene rings is 2. The molecule has 0 saturated carbocycles. The van der Waals surface area contributed by atoms with Crippen LogP contribution in [0, 0.1) is 26.8 Å². The van der Waals surface area contributed by atoms with Gasteiger partial charge in [-0.2, -0.15) is 6.42 Å². The topological polar surface area (TPSA) is 38.0 Å². The van der Waals surface area contributed by atoms with Crippen molar-refractivity contribution in [3.05, 3.63) is 79.0 Å². The normalized spacial score (nSPS) is 11.1. The van der Waals surface area contributed by atoms with Gasteiger partial charge in [0.25, 0.3) is 0 Å². The van der Waals surface area contributed by atoms with Crippen LogP contribution in [-0.2, 0) is 20.1 Å². The Morgan fingerprint density at radius 2 is 1.80 bits per heavy atom. The summed E-state index contributed by atoms with van der Waals surface area (Å²) in [6.45, 7) is 9.40. The molecule has 3 aromatic rings. The Kier molecular flexibility index (Phi) is 8.77. The van der Waals surface area contributed by atoms with E-state index in [2.05, 4.69) is 54.6 Å². The van der Waals surface area contributed by atoms with E-state index in [1.165, 1.54) is 16.8 Å². The Morgan fingerprint density at radius 1 is 1.16 bits per heavy atom. The predicted octanol–water partition coefficient (Wildman–Crippen LogP) is 4.55. The number of para-hydroxylation sites is 1. The van der Waals surface area contributed by atoms with E-state index in [0.29, 0.717) is 6.42 Å². The van der Waals surface area contributed by atoms with Crippen LogP contribution in [0.2, 0.25) is 0 Å². The van der Waals surface area contributed by atoms with Crippen molar-refractivity contribution in [2.75, 3.05) is 0 Å². The molecule has 25 heavy (non-hydrogen) atoms. The van der Waals surface area contributed by atoms with Gasteiger partial charge in [0, 0.05) is 44.3 Å². The minimum absolute atomic E-state index is 0. The first-order valence-corrected chi connectivity index (χ1v) is 8.09. The van der Waals surface area contributed by atoms with Gasteiger partial charge in [0.2, 0.25) is 0 Å². The molecule has 1 unspecified atom stereocenters. The van der Waals surface area contributed by atoms with E-state index in [0.717, 1.165) is 11.4 Å². The van der Waals surface area contributed by atoms with Crippen molar-refractivity contribution < 1.29 is 25.2 Å². The molecular formula is C21H24IrN2O-2. The fourth-order valence-electron chi connectivity index (χ4n) is 2.40. The number of aryl methyl sites for hydroxylation is 2. The molecule has 0 spiro atoms. The van der Waals surface area contributed by atoms with Crippen molar-refractivity contribution in [1.29, 1.82) is 0 Å². The summed E-state index contributed by atoms with van der Waals surface area (Å²) in [6, 6.07) is 17.5. The average Bonchev–Trinajstić information content (AvgIpc) is 3.05. The van der Waals surface area contributed by atoms with Crippen molar-refractivity contribution >= 4 is 0 Å². The number of aromatic nitrogens is 2. The fraction of sp³-hybridized carbons (Fsp3) is 0.238. The van der Waals surface area contributed by atoms with Crippen LogP contribution in [0.5, 0.6) is 0 Å². The summed E-state index contributed by atoms with van der Waals surface area (Å²) in [5, 5.41) is 8.30. The Labute approximate surface area is 164 Å². The third-order valence-corrected chi connectivity index (χ3v) is 3.69. The van der Waals surface area contributed by atoms with Crippen LogP contribution >= 0.6 is 0 Å². The maximum absolute atomic E-state index is 8.30. The Morgan fingerprint density at radius 3 is 2.32 bits per heavy atom. The Balaban J connectivity index is 0.000000462. The van der Waals surface area contributed by atoms with Gasteiger partial charge < -0.3 is 16.6 Å². The summed E-state index contributed by atoms with van der Waals surface area (Å²) in [5.74, 6) is 0.929. The third-order valence-electron chi connectivity index (χ3n) is 3.69. The van der Waals surface area contributed by atoms with Crippen LogP contribution in [0.25, 0.3) is 17.1 Å². The van der Waals surface area contributed by atoms with Crippen molar-refractivity contribution in [2.24, 2.45) is 0 Å². The van der Waals surface area contributed by atoms with Gasteiger partial charge in [-0.1, -0.05) is 18.2 Å². The molecule has 2 aromatic carbocycles. The number of rotatable bonds is 3. The van der Waals surface area contributed by atoms with E-state index in [1.807, 2.05) is 36.7 Å². The summed E-state index contributed by atoms with van der Waals surface area (Å²) in [6.07, 6.45) is 4.23. The average molecular weight is 513 g/mol. The van der Waals surface area contributed by atoms with Crippen LogP contribution in [0.4, 0.5) is 0 Å². The number of nitrogens with zero attached hydrogens (tertiary/aromatic N) is 2. The molecule has 0 bridgehead atoms. The molecule has 1 heterocycles. The number of aliphatic hydroxyl groups excluding tert-OH is 1. The summed E-state index contributed by atoms with van der Waals surface area (Å²) in [5.41, 5.74) is 4.70. The summed E-state index contributed by atoms with van der Waals surface area (Å²) >= 11 is 0. The molecule has 0 amide bonds. The zero-order valence-corrected chi connectivity index (χ0v) is 17.3. The first-order chi connectivity index (χ1) is 11.5. The van der Waals surface area contributed by atoms with Gasteiger partial charge in [0.05, 0.1) is 5.82 Å². The molecule has 3 nitrogen and oxygen atoms in total. The largest absolute Gasteiger partial charge is 0.396 e. The molecule has 4 heteroatoms. The van der Waals surface area contributed by atoms with Crippen LogP contribution in [0.15, 0.2) is 54.9 Å². The monoisotopic (exact) mass is 513 g/mol. The first kappa shape index (κ1) is 21.3. The van der Waals surface area contributed by atoms with Gasteiger partial charge in [-0.3, -0.25) is 4.98 Å². The van der Waals surface area contributed by atoms with Crippen molar-refractivity contribution in [3.63, 3.8) is 0 Å². The fourth-order valence-corrected chi connectivity index (χ4v) is 2.40. The van der Waals surface area contributed by atoms with Gasteiger partial charge >= 0.3 is 0 Å². The third kappa shape index (κ3) is 5.64. The summed E-state index contributed by atoms with van der Waals surface area (Å²) < 4.78 is 2.14. The number of imidazole rings is 1. The SMILES string of the molecule is Cc1cccc(C)c1-n1ccnc1-c1[c-]cccc1.[CH2-]CC(C)O.[Ir]. The van der Waals surface area contributed by atoms with Gasteiger partial charge in [-0.05, 0) is 31.9 Å².